The minimum Gasteiger partial charge on any atom is -0.480 e. The van der Waals surface area contributed by atoms with E-state index < -0.39 is 31.9 Å². The highest BCUT2D eigenvalue weighted by atomic mass is 32.2. The van der Waals surface area contributed by atoms with Gasteiger partial charge in [0.05, 0.1) is 20.8 Å². The fourth-order valence-corrected chi connectivity index (χ4v) is 2.18. The first-order valence-corrected chi connectivity index (χ1v) is 5.82. The second-order valence-electron chi connectivity index (χ2n) is 4.08. The van der Waals surface area contributed by atoms with E-state index in [1.54, 1.807) is 0 Å². The number of carboxylic acid groups (broad SMARTS) is 1. The number of hydrogen-bond acceptors (Lipinski definition) is 6. The number of non-ortho nitro benzene ring substituents is 1. The predicted octanol–water partition coefficient (Wildman–Crippen LogP) is 2.46. The third-order valence-electron chi connectivity index (χ3n) is 2.23. The molecule has 0 saturated heterocycles. The average Bonchev–Trinajstić information content (AvgIpc) is 2.28. The van der Waals surface area contributed by atoms with Crippen LogP contribution in [0.5, 0.6) is 0 Å². The van der Waals surface area contributed by atoms with Crippen LogP contribution in [0, 0.1) is 20.2 Å². The van der Waals surface area contributed by atoms with Gasteiger partial charge in [0.25, 0.3) is 11.4 Å². The molecule has 0 radical (unpaired) electrons. The van der Waals surface area contributed by atoms with E-state index in [0.29, 0.717) is 0 Å². The molecule has 0 aliphatic carbocycles. The Labute approximate surface area is 111 Å². The molecule has 0 fully saturated rings. The van der Waals surface area contributed by atoms with Gasteiger partial charge in [0.2, 0.25) is 0 Å². The molecule has 1 N–H and O–H groups in total. The van der Waals surface area contributed by atoms with Crippen LogP contribution in [-0.2, 0) is 4.79 Å². The summed E-state index contributed by atoms with van der Waals surface area (Å²) in [6, 6.07) is 3.11. The average molecular weight is 286 g/mol. The van der Waals surface area contributed by atoms with Crippen molar-refractivity contribution in [1.29, 1.82) is 0 Å². The van der Waals surface area contributed by atoms with Crippen molar-refractivity contribution in [2.24, 2.45) is 0 Å². The highest BCUT2D eigenvalue weighted by molar-refractivity contribution is 8.01. The molecule has 0 aliphatic rings. The molecular formula is C10H10N2O6S. The number of rotatable bonds is 5. The summed E-state index contributed by atoms with van der Waals surface area (Å²) in [7, 11) is 0. The first-order chi connectivity index (χ1) is 8.65. The van der Waals surface area contributed by atoms with Crippen LogP contribution in [0.2, 0.25) is 0 Å². The largest absolute Gasteiger partial charge is 0.480 e. The molecule has 0 amide bonds. The Bertz CT molecular complexity index is 557. The number of nitrogens with zero attached hydrogens (tertiary/aromatic N) is 2. The Hall–Kier alpha value is -2.16. The van der Waals surface area contributed by atoms with E-state index in [0.717, 1.165) is 23.9 Å². The van der Waals surface area contributed by atoms with E-state index in [2.05, 4.69) is 0 Å². The minimum atomic E-state index is -1.28. The fourth-order valence-electron chi connectivity index (χ4n) is 1.17. The van der Waals surface area contributed by atoms with Gasteiger partial charge in [-0.1, -0.05) is 0 Å². The van der Waals surface area contributed by atoms with Crippen molar-refractivity contribution in [3.8, 4) is 0 Å². The standard InChI is InChI=1S/C10H10N2O6S/c1-10(2,9(13)14)19-8-4-3-6(11(15)16)5-7(8)12(17)18/h3-5H,1-2H3,(H,13,14). The Kier molecular flexibility index (Phi) is 4.10. The Morgan fingerprint density at radius 1 is 1.26 bits per heavy atom. The minimum absolute atomic E-state index is 0.0722. The Morgan fingerprint density at radius 3 is 2.26 bits per heavy atom. The van der Waals surface area contributed by atoms with Crippen LogP contribution in [0.15, 0.2) is 23.1 Å². The van der Waals surface area contributed by atoms with E-state index in [-0.39, 0.29) is 4.90 Å². The molecule has 1 aromatic carbocycles. The van der Waals surface area contributed by atoms with Crippen molar-refractivity contribution in [3.05, 3.63) is 38.4 Å². The molecule has 102 valence electrons. The highest BCUT2D eigenvalue weighted by Crippen LogP contribution is 2.39. The molecule has 8 nitrogen and oxygen atoms in total. The molecule has 0 spiro atoms. The van der Waals surface area contributed by atoms with Crippen molar-refractivity contribution in [2.45, 2.75) is 23.5 Å². The molecule has 9 heteroatoms. The van der Waals surface area contributed by atoms with Gasteiger partial charge in [-0.2, -0.15) is 0 Å². The number of benzene rings is 1. The van der Waals surface area contributed by atoms with Crippen molar-refractivity contribution in [1.82, 2.24) is 0 Å². The maximum Gasteiger partial charge on any atom is 0.319 e. The quantitative estimate of drug-likeness (QED) is 0.500. The monoisotopic (exact) mass is 286 g/mol. The molecule has 19 heavy (non-hydrogen) atoms. The van der Waals surface area contributed by atoms with Crippen LogP contribution < -0.4 is 0 Å². The molecule has 0 bridgehead atoms. The van der Waals surface area contributed by atoms with E-state index in [1.807, 2.05) is 0 Å². The first kappa shape index (κ1) is 14.9. The number of hydrogen-bond donors (Lipinski definition) is 1. The highest BCUT2D eigenvalue weighted by Gasteiger charge is 2.32. The van der Waals surface area contributed by atoms with Crippen LogP contribution in [0.1, 0.15) is 13.8 Å². The van der Waals surface area contributed by atoms with Gasteiger partial charge in [0.15, 0.2) is 0 Å². The molecule has 0 unspecified atom stereocenters. The number of nitro benzene ring substituents is 2. The van der Waals surface area contributed by atoms with Crippen molar-refractivity contribution >= 4 is 29.1 Å². The van der Waals surface area contributed by atoms with E-state index in [4.69, 9.17) is 5.11 Å². The van der Waals surface area contributed by atoms with Gasteiger partial charge in [0, 0.05) is 6.07 Å². The Morgan fingerprint density at radius 2 is 1.84 bits per heavy atom. The smallest absolute Gasteiger partial charge is 0.319 e. The topological polar surface area (TPSA) is 124 Å². The molecule has 0 heterocycles. The molecular weight excluding hydrogens is 276 g/mol. The van der Waals surface area contributed by atoms with E-state index in [9.17, 15) is 25.0 Å². The third-order valence-corrected chi connectivity index (χ3v) is 3.48. The van der Waals surface area contributed by atoms with Gasteiger partial charge in [0.1, 0.15) is 4.75 Å². The number of thioether (sulfide) groups is 1. The molecule has 1 aromatic rings. The van der Waals surface area contributed by atoms with Crippen LogP contribution >= 0.6 is 11.8 Å². The van der Waals surface area contributed by atoms with Crippen molar-refractivity contribution < 1.29 is 19.7 Å². The summed E-state index contributed by atoms with van der Waals surface area (Å²) in [6.45, 7) is 2.79. The number of carboxylic acids is 1. The van der Waals surface area contributed by atoms with Gasteiger partial charge < -0.3 is 5.11 Å². The number of nitro groups is 2. The van der Waals surface area contributed by atoms with Crippen molar-refractivity contribution in [2.75, 3.05) is 0 Å². The van der Waals surface area contributed by atoms with Gasteiger partial charge in [-0.05, 0) is 19.9 Å². The summed E-state index contributed by atoms with van der Waals surface area (Å²) in [5.74, 6) is -1.13. The van der Waals surface area contributed by atoms with Crippen LogP contribution in [-0.4, -0.2) is 25.7 Å². The summed E-state index contributed by atoms with van der Waals surface area (Å²) in [5, 5.41) is 30.4. The van der Waals surface area contributed by atoms with Gasteiger partial charge in [-0.15, -0.1) is 11.8 Å². The third kappa shape index (κ3) is 3.41. The van der Waals surface area contributed by atoms with E-state index >= 15 is 0 Å². The van der Waals surface area contributed by atoms with Crippen LogP contribution in [0.4, 0.5) is 11.4 Å². The number of aliphatic carboxylic acids is 1. The lowest BCUT2D eigenvalue weighted by atomic mass is 10.2. The molecule has 0 aliphatic heterocycles. The van der Waals surface area contributed by atoms with Crippen LogP contribution in [0.3, 0.4) is 0 Å². The summed E-state index contributed by atoms with van der Waals surface area (Å²) in [6.07, 6.45) is 0. The second-order valence-corrected chi connectivity index (χ2v) is 5.75. The molecule has 0 aromatic heterocycles. The summed E-state index contributed by atoms with van der Waals surface area (Å²) in [5.41, 5.74) is -0.891. The molecule has 0 atom stereocenters. The maximum atomic E-state index is 11.0. The van der Waals surface area contributed by atoms with E-state index in [1.165, 1.54) is 19.9 Å². The lowest BCUT2D eigenvalue weighted by Gasteiger charge is -2.17. The van der Waals surface area contributed by atoms with Gasteiger partial charge >= 0.3 is 5.97 Å². The van der Waals surface area contributed by atoms with Crippen LogP contribution in [0.25, 0.3) is 0 Å². The summed E-state index contributed by atoms with van der Waals surface area (Å²) >= 11 is 0.766. The lowest BCUT2D eigenvalue weighted by molar-refractivity contribution is -0.396. The predicted molar refractivity (Wildman–Crippen MR) is 67.3 cm³/mol. The number of carbonyl (C=O) groups is 1. The second kappa shape index (κ2) is 5.22. The SMILES string of the molecule is CC(C)(Sc1ccc([N+](=O)[O-])cc1[N+](=O)[O-])C(=O)O. The fraction of sp³-hybridized carbons (Fsp3) is 0.300. The molecule has 1 rings (SSSR count). The Balaban J connectivity index is 3.25. The van der Waals surface area contributed by atoms with Crippen molar-refractivity contribution in [3.63, 3.8) is 0 Å². The normalized spacial score (nSPS) is 11.1. The first-order valence-electron chi connectivity index (χ1n) is 5.00. The van der Waals surface area contributed by atoms with Gasteiger partial charge in [-0.3, -0.25) is 25.0 Å². The zero-order valence-corrected chi connectivity index (χ0v) is 10.8. The summed E-state index contributed by atoms with van der Waals surface area (Å²) < 4.78 is -1.28. The lowest BCUT2D eigenvalue weighted by Crippen LogP contribution is -2.27. The summed E-state index contributed by atoms with van der Waals surface area (Å²) in [4.78, 5) is 31.0. The zero-order valence-electron chi connectivity index (χ0n) is 10.0. The van der Waals surface area contributed by atoms with Gasteiger partial charge in [-0.25, -0.2) is 0 Å². The zero-order chi connectivity index (χ0) is 14.8. The maximum absolute atomic E-state index is 11.0. The molecule has 0 saturated carbocycles.